The van der Waals surface area contributed by atoms with Crippen LogP contribution in [0.2, 0.25) is 0 Å². The molecule has 0 amide bonds. The number of fused-ring (bicyclic) bond motifs is 1. The molecule has 0 bridgehead atoms. The molecular formula is C22H30N6O2. The number of rotatable bonds is 5. The van der Waals surface area contributed by atoms with Gasteiger partial charge in [-0.2, -0.15) is 5.10 Å². The van der Waals surface area contributed by atoms with Gasteiger partial charge in [-0.15, -0.1) is 0 Å². The van der Waals surface area contributed by atoms with Gasteiger partial charge in [0, 0.05) is 36.5 Å². The predicted octanol–water partition coefficient (Wildman–Crippen LogP) is 2.08. The van der Waals surface area contributed by atoms with Gasteiger partial charge >= 0.3 is 0 Å². The van der Waals surface area contributed by atoms with Crippen LogP contribution in [-0.2, 0) is 12.8 Å². The zero-order valence-electron chi connectivity index (χ0n) is 17.3. The fourth-order valence-electron chi connectivity index (χ4n) is 5.25. The highest BCUT2D eigenvalue weighted by Crippen LogP contribution is 2.30. The second-order valence-electron chi connectivity index (χ2n) is 8.76. The lowest BCUT2D eigenvalue weighted by Gasteiger charge is -2.37. The maximum absolute atomic E-state index is 12.4. The maximum atomic E-state index is 12.4. The summed E-state index contributed by atoms with van der Waals surface area (Å²) in [5.74, 6) is 1.79. The third-order valence-electron chi connectivity index (χ3n) is 6.87. The van der Waals surface area contributed by atoms with Crippen molar-refractivity contribution in [1.82, 2.24) is 19.7 Å². The molecule has 2 aliphatic carbocycles. The van der Waals surface area contributed by atoms with Gasteiger partial charge < -0.3 is 15.3 Å². The molecule has 3 unspecified atom stereocenters. The molecule has 8 heteroatoms. The molecule has 1 saturated carbocycles. The van der Waals surface area contributed by atoms with Crippen LogP contribution in [0.15, 0.2) is 23.3 Å². The number of aromatic nitrogens is 4. The van der Waals surface area contributed by atoms with Gasteiger partial charge in [-0.25, -0.2) is 14.6 Å². The van der Waals surface area contributed by atoms with Gasteiger partial charge in [0.2, 0.25) is 0 Å². The molecule has 2 aromatic rings. The van der Waals surface area contributed by atoms with E-state index in [0.717, 1.165) is 76.1 Å². The molecule has 8 nitrogen and oxygen atoms in total. The molecular weight excluding hydrogens is 380 g/mol. The number of aryl methyl sites for hydroxylation is 1. The van der Waals surface area contributed by atoms with Gasteiger partial charge in [0.05, 0.1) is 12.1 Å². The Labute approximate surface area is 176 Å². The Morgan fingerprint density at radius 1 is 1.07 bits per heavy atom. The van der Waals surface area contributed by atoms with E-state index in [1.807, 2.05) is 6.07 Å². The molecule has 0 radical (unpaired) electrons. The fourth-order valence-corrected chi connectivity index (χ4v) is 5.25. The van der Waals surface area contributed by atoms with E-state index < -0.39 is 6.10 Å². The molecule has 2 aromatic heterocycles. The van der Waals surface area contributed by atoms with Gasteiger partial charge in [0.15, 0.2) is 0 Å². The Morgan fingerprint density at radius 2 is 2.00 bits per heavy atom. The molecule has 2 N–H and O–H groups in total. The first-order valence-corrected chi connectivity index (χ1v) is 11.3. The lowest BCUT2D eigenvalue weighted by molar-refractivity contribution is 0.127. The first-order valence-electron chi connectivity index (χ1n) is 11.3. The summed E-state index contributed by atoms with van der Waals surface area (Å²) in [5.41, 5.74) is 2.31. The van der Waals surface area contributed by atoms with Crippen LogP contribution in [0.3, 0.4) is 0 Å². The molecule has 3 aliphatic rings. The van der Waals surface area contributed by atoms with Crippen LogP contribution in [0.1, 0.15) is 62.2 Å². The van der Waals surface area contributed by atoms with Crippen molar-refractivity contribution in [3.05, 3.63) is 40.1 Å². The van der Waals surface area contributed by atoms with Crippen molar-refractivity contribution < 1.29 is 5.11 Å². The summed E-state index contributed by atoms with van der Waals surface area (Å²) in [6.07, 6.45) is 10.3. The number of anilines is 2. The number of nitrogens with one attached hydrogen (secondary N) is 1. The zero-order valence-corrected chi connectivity index (χ0v) is 17.3. The van der Waals surface area contributed by atoms with E-state index in [9.17, 15) is 9.90 Å². The fraction of sp³-hybridized carbons (Fsp3) is 0.636. The van der Waals surface area contributed by atoms with Crippen molar-refractivity contribution >= 4 is 11.6 Å². The number of nitrogens with zero attached hydrogens (tertiary/aromatic N) is 5. The quantitative estimate of drug-likeness (QED) is 0.779. The molecule has 1 aliphatic heterocycles. The van der Waals surface area contributed by atoms with E-state index in [1.54, 1.807) is 12.4 Å². The average Bonchev–Trinajstić information content (AvgIpc) is 3.42. The van der Waals surface area contributed by atoms with E-state index >= 15 is 0 Å². The Kier molecular flexibility index (Phi) is 5.41. The monoisotopic (exact) mass is 410 g/mol. The largest absolute Gasteiger partial charge is 0.391 e. The second-order valence-corrected chi connectivity index (χ2v) is 8.76. The van der Waals surface area contributed by atoms with Crippen molar-refractivity contribution in [3.8, 4) is 0 Å². The number of hydrogen-bond acceptors (Lipinski definition) is 7. The molecule has 2 fully saturated rings. The Balaban J connectivity index is 1.36. The topological polar surface area (TPSA) is 96.2 Å². The van der Waals surface area contributed by atoms with Gasteiger partial charge in [0.1, 0.15) is 18.0 Å². The molecule has 1 saturated heterocycles. The minimum atomic E-state index is -0.482. The highest BCUT2D eigenvalue weighted by molar-refractivity contribution is 5.49. The molecule has 0 spiro atoms. The summed E-state index contributed by atoms with van der Waals surface area (Å²) in [6, 6.07) is 3.52. The summed E-state index contributed by atoms with van der Waals surface area (Å²) in [4.78, 5) is 23.7. The highest BCUT2D eigenvalue weighted by Gasteiger charge is 2.30. The Morgan fingerprint density at radius 3 is 2.87 bits per heavy atom. The number of hydrogen-bond donors (Lipinski definition) is 2. The Bertz CT molecular complexity index is 961. The molecule has 3 atom stereocenters. The second kappa shape index (κ2) is 8.34. The van der Waals surface area contributed by atoms with Gasteiger partial charge in [-0.05, 0) is 63.9 Å². The minimum Gasteiger partial charge on any atom is -0.391 e. The van der Waals surface area contributed by atoms with Crippen LogP contribution >= 0.6 is 0 Å². The van der Waals surface area contributed by atoms with Gasteiger partial charge in [0.25, 0.3) is 5.56 Å². The normalized spacial score (nSPS) is 26.0. The average molecular weight is 411 g/mol. The van der Waals surface area contributed by atoms with Crippen LogP contribution in [0.5, 0.6) is 0 Å². The van der Waals surface area contributed by atoms with E-state index in [-0.39, 0.29) is 17.6 Å². The van der Waals surface area contributed by atoms with Crippen molar-refractivity contribution in [2.24, 2.45) is 0 Å². The lowest BCUT2D eigenvalue weighted by atomic mass is 10.0. The van der Waals surface area contributed by atoms with E-state index in [0.29, 0.717) is 0 Å². The van der Waals surface area contributed by atoms with Crippen molar-refractivity contribution in [1.29, 1.82) is 0 Å². The zero-order chi connectivity index (χ0) is 20.5. The van der Waals surface area contributed by atoms with Gasteiger partial charge in [-0.3, -0.25) is 4.79 Å². The highest BCUT2D eigenvalue weighted by atomic mass is 16.3. The van der Waals surface area contributed by atoms with Gasteiger partial charge in [-0.1, -0.05) is 0 Å². The summed E-state index contributed by atoms with van der Waals surface area (Å²) in [6.45, 7) is 1.71. The van der Waals surface area contributed by atoms with Crippen LogP contribution in [0, 0.1) is 0 Å². The SMILES string of the molecule is O=c1ccc(N2CCCCC2CNc2ncnc3c2CCC3)nn1C1CCCC1O. The third kappa shape index (κ3) is 3.69. The van der Waals surface area contributed by atoms with E-state index in [4.69, 9.17) is 5.10 Å². The summed E-state index contributed by atoms with van der Waals surface area (Å²) in [7, 11) is 0. The Hall–Kier alpha value is -2.48. The molecule has 0 aromatic carbocycles. The summed E-state index contributed by atoms with van der Waals surface area (Å²) >= 11 is 0. The smallest absolute Gasteiger partial charge is 0.267 e. The number of aliphatic hydroxyl groups is 1. The van der Waals surface area contributed by atoms with Crippen LogP contribution < -0.4 is 15.8 Å². The van der Waals surface area contributed by atoms with E-state index in [2.05, 4.69) is 20.2 Å². The summed E-state index contributed by atoms with van der Waals surface area (Å²) < 4.78 is 1.52. The van der Waals surface area contributed by atoms with Crippen LogP contribution in [0.4, 0.5) is 11.6 Å². The molecule has 160 valence electrons. The number of piperidine rings is 1. The first-order chi connectivity index (χ1) is 14.7. The minimum absolute atomic E-state index is 0.132. The molecule has 3 heterocycles. The van der Waals surface area contributed by atoms with Crippen LogP contribution in [0.25, 0.3) is 0 Å². The van der Waals surface area contributed by atoms with Crippen molar-refractivity contribution in [2.75, 3.05) is 23.3 Å². The lowest BCUT2D eigenvalue weighted by Crippen LogP contribution is -2.45. The van der Waals surface area contributed by atoms with E-state index in [1.165, 1.54) is 22.4 Å². The van der Waals surface area contributed by atoms with Crippen molar-refractivity contribution in [2.45, 2.75) is 76.0 Å². The molecule has 5 rings (SSSR count). The maximum Gasteiger partial charge on any atom is 0.267 e. The predicted molar refractivity (Wildman–Crippen MR) is 115 cm³/mol. The first kappa shape index (κ1) is 19.5. The number of aliphatic hydroxyl groups excluding tert-OH is 1. The molecule has 30 heavy (non-hydrogen) atoms. The summed E-state index contributed by atoms with van der Waals surface area (Å²) in [5, 5.41) is 18.6. The third-order valence-corrected chi connectivity index (χ3v) is 6.87. The van der Waals surface area contributed by atoms with Crippen LogP contribution in [-0.4, -0.2) is 50.1 Å². The standard InChI is InChI=1S/C22H30N6O2/c29-19-9-4-8-18(19)28-21(30)11-10-20(26-28)27-12-2-1-5-15(27)13-23-22-16-6-3-7-17(16)24-14-25-22/h10-11,14-15,18-19,29H,1-9,12-13H2,(H,23,24,25). The van der Waals surface area contributed by atoms with Crippen molar-refractivity contribution in [3.63, 3.8) is 0 Å².